The second kappa shape index (κ2) is 6.60. The Hall–Kier alpha value is -2.41. The highest BCUT2D eigenvalue weighted by molar-refractivity contribution is 5.83. The highest BCUT2D eigenvalue weighted by atomic mass is 16.5. The van der Waals surface area contributed by atoms with Crippen LogP contribution in [0.15, 0.2) is 22.6 Å². The summed E-state index contributed by atoms with van der Waals surface area (Å²) in [6.45, 7) is 8.83. The molecular weight excluding hydrogens is 306 g/mol. The first-order valence-corrected chi connectivity index (χ1v) is 8.08. The van der Waals surface area contributed by atoms with Gasteiger partial charge in [0.25, 0.3) is 0 Å². The van der Waals surface area contributed by atoms with Gasteiger partial charge in [0.05, 0.1) is 25.7 Å². The van der Waals surface area contributed by atoms with Crippen molar-refractivity contribution < 1.29 is 9.15 Å². The van der Waals surface area contributed by atoms with E-state index in [0.29, 0.717) is 6.54 Å². The van der Waals surface area contributed by atoms with Crippen LogP contribution in [0.5, 0.6) is 5.75 Å². The van der Waals surface area contributed by atoms with Crippen LogP contribution < -0.4 is 10.1 Å². The van der Waals surface area contributed by atoms with Crippen molar-refractivity contribution in [2.45, 2.75) is 46.3 Å². The van der Waals surface area contributed by atoms with Gasteiger partial charge in [-0.2, -0.15) is 0 Å². The molecule has 7 heteroatoms. The topological polar surface area (TPSA) is 78.0 Å². The van der Waals surface area contributed by atoms with Crippen LogP contribution in [0.25, 0.3) is 11.0 Å². The number of fused-ring (bicyclic) bond motifs is 1. The number of aryl methyl sites for hydroxylation is 1. The molecule has 0 aliphatic heterocycles. The van der Waals surface area contributed by atoms with Crippen molar-refractivity contribution in [1.82, 2.24) is 25.5 Å². The van der Waals surface area contributed by atoms with Crippen molar-refractivity contribution in [2.75, 3.05) is 7.11 Å². The fourth-order valence-electron chi connectivity index (χ4n) is 2.83. The lowest BCUT2D eigenvalue weighted by Crippen LogP contribution is -2.21. The molecule has 0 spiro atoms. The van der Waals surface area contributed by atoms with E-state index in [2.05, 4.69) is 48.5 Å². The van der Waals surface area contributed by atoms with Crippen molar-refractivity contribution in [3.8, 4) is 5.75 Å². The summed E-state index contributed by atoms with van der Waals surface area (Å²) >= 11 is 0. The average molecular weight is 329 g/mol. The molecule has 0 saturated carbocycles. The SMILES string of the molecule is COc1ccc2oc([C@H](C)NCc3nnnn3C(C)C)c(C)c2c1. The summed E-state index contributed by atoms with van der Waals surface area (Å²) in [5, 5.41) is 16.4. The number of benzene rings is 1. The Morgan fingerprint density at radius 1 is 1.29 bits per heavy atom. The summed E-state index contributed by atoms with van der Waals surface area (Å²) in [6, 6.07) is 6.12. The molecule has 7 nitrogen and oxygen atoms in total. The van der Waals surface area contributed by atoms with Crippen LogP contribution in [0.4, 0.5) is 0 Å². The third kappa shape index (κ3) is 2.99. The van der Waals surface area contributed by atoms with Crippen molar-refractivity contribution >= 4 is 11.0 Å². The number of tetrazole rings is 1. The minimum absolute atomic E-state index is 0.0423. The number of methoxy groups -OCH3 is 1. The lowest BCUT2D eigenvalue weighted by Gasteiger charge is -2.13. The van der Waals surface area contributed by atoms with Crippen molar-refractivity contribution in [1.29, 1.82) is 0 Å². The van der Waals surface area contributed by atoms with Crippen LogP contribution in [-0.2, 0) is 6.54 Å². The van der Waals surface area contributed by atoms with Gasteiger partial charge in [-0.1, -0.05) is 0 Å². The summed E-state index contributed by atoms with van der Waals surface area (Å²) in [4.78, 5) is 0. The molecule has 3 aromatic rings. The standard InChI is InChI=1S/C17H23N5O2/c1-10(2)22-16(19-20-21-22)9-18-12(4)17-11(3)14-8-13(23-5)6-7-15(14)24-17/h6-8,10,12,18H,9H2,1-5H3/t12-/m0/s1. The Kier molecular flexibility index (Phi) is 4.53. The quantitative estimate of drug-likeness (QED) is 0.748. The highest BCUT2D eigenvalue weighted by Gasteiger charge is 2.18. The first kappa shape index (κ1) is 16.4. The molecule has 128 valence electrons. The van der Waals surface area contributed by atoms with E-state index in [1.54, 1.807) is 7.11 Å². The summed E-state index contributed by atoms with van der Waals surface area (Å²) < 4.78 is 13.1. The first-order chi connectivity index (χ1) is 11.5. The van der Waals surface area contributed by atoms with Gasteiger partial charge in [0.1, 0.15) is 17.1 Å². The monoisotopic (exact) mass is 329 g/mol. The molecule has 0 bridgehead atoms. The van der Waals surface area contributed by atoms with E-state index in [1.807, 2.05) is 22.9 Å². The van der Waals surface area contributed by atoms with Gasteiger partial charge < -0.3 is 14.5 Å². The Labute approximate surface area is 141 Å². The minimum atomic E-state index is 0.0423. The van der Waals surface area contributed by atoms with Crippen LogP contribution in [0.2, 0.25) is 0 Å². The molecule has 0 amide bonds. The number of hydrogen-bond donors (Lipinski definition) is 1. The van der Waals surface area contributed by atoms with Crippen molar-refractivity contribution in [3.05, 3.63) is 35.3 Å². The third-order valence-electron chi connectivity index (χ3n) is 4.19. The molecule has 2 heterocycles. The van der Waals surface area contributed by atoms with Gasteiger partial charge in [0.15, 0.2) is 5.82 Å². The van der Waals surface area contributed by atoms with Crippen LogP contribution in [-0.4, -0.2) is 27.3 Å². The maximum atomic E-state index is 6.03. The zero-order chi connectivity index (χ0) is 17.3. The summed E-state index contributed by atoms with van der Waals surface area (Å²) in [6.07, 6.45) is 0. The molecule has 1 N–H and O–H groups in total. The molecule has 3 rings (SSSR count). The zero-order valence-corrected chi connectivity index (χ0v) is 14.7. The van der Waals surface area contributed by atoms with Crippen LogP contribution in [0.1, 0.15) is 50.0 Å². The second-order valence-electron chi connectivity index (χ2n) is 6.19. The van der Waals surface area contributed by atoms with Gasteiger partial charge in [-0.25, -0.2) is 4.68 Å². The van der Waals surface area contributed by atoms with E-state index in [0.717, 1.165) is 33.9 Å². The number of ether oxygens (including phenoxy) is 1. The number of furan rings is 1. The molecule has 2 aromatic heterocycles. The lowest BCUT2D eigenvalue weighted by molar-refractivity contribution is 0.414. The molecule has 1 atom stereocenters. The largest absolute Gasteiger partial charge is 0.497 e. The number of nitrogens with zero attached hydrogens (tertiary/aromatic N) is 4. The van der Waals surface area contributed by atoms with Crippen molar-refractivity contribution in [2.24, 2.45) is 0 Å². The Balaban J connectivity index is 1.80. The van der Waals surface area contributed by atoms with Crippen molar-refractivity contribution in [3.63, 3.8) is 0 Å². The summed E-state index contributed by atoms with van der Waals surface area (Å²) in [5.74, 6) is 2.56. The number of nitrogens with one attached hydrogen (secondary N) is 1. The number of hydrogen-bond acceptors (Lipinski definition) is 6. The zero-order valence-electron chi connectivity index (χ0n) is 14.7. The van der Waals surface area contributed by atoms with Gasteiger partial charge >= 0.3 is 0 Å². The molecular formula is C17H23N5O2. The minimum Gasteiger partial charge on any atom is -0.497 e. The van der Waals surface area contributed by atoms with Gasteiger partial charge in [-0.05, 0) is 56.3 Å². The van der Waals surface area contributed by atoms with E-state index in [4.69, 9.17) is 9.15 Å². The molecule has 0 aliphatic carbocycles. The molecule has 0 fully saturated rings. The van der Waals surface area contributed by atoms with Crippen LogP contribution in [0, 0.1) is 6.92 Å². The van der Waals surface area contributed by atoms with E-state index in [9.17, 15) is 0 Å². The Bertz CT molecular complexity index is 837. The van der Waals surface area contributed by atoms with E-state index >= 15 is 0 Å². The molecule has 0 radical (unpaired) electrons. The van der Waals surface area contributed by atoms with Crippen LogP contribution in [0.3, 0.4) is 0 Å². The van der Waals surface area contributed by atoms with Crippen LogP contribution >= 0.6 is 0 Å². The highest BCUT2D eigenvalue weighted by Crippen LogP contribution is 2.31. The van der Waals surface area contributed by atoms with Gasteiger partial charge in [0.2, 0.25) is 0 Å². The Morgan fingerprint density at radius 3 is 2.79 bits per heavy atom. The molecule has 0 unspecified atom stereocenters. The van der Waals surface area contributed by atoms with Gasteiger partial charge in [0, 0.05) is 10.9 Å². The van der Waals surface area contributed by atoms with E-state index < -0.39 is 0 Å². The molecule has 1 aromatic carbocycles. The fourth-order valence-corrected chi connectivity index (χ4v) is 2.83. The average Bonchev–Trinajstić information content (AvgIpc) is 3.17. The summed E-state index contributed by atoms with van der Waals surface area (Å²) in [5.41, 5.74) is 1.98. The third-order valence-corrected chi connectivity index (χ3v) is 4.19. The van der Waals surface area contributed by atoms with E-state index in [1.165, 1.54) is 0 Å². The Morgan fingerprint density at radius 2 is 2.08 bits per heavy atom. The lowest BCUT2D eigenvalue weighted by atomic mass is 10.1. The summed E-state index contributed by atoms with van der Waals surface area (Å²) in [7, 11) is 1.67. The smallest absolute Gasteiger partial charge is 0.165 e. The maximum Gasteiger partial charge on any atom is 0.165 e. The second-order valence-corrected chi connectivity index (χ2v) is 6.19. The normalized spacial score (nSPS) is 12.9. The predicted molar refractivity (Wildman–Crippen MR) is 91.0 cm³/mol. The van der Waals surface area contributed by atoms with E-state index in [-0.39, 0.29) is 12.1 Å². The predicted octanol–water partition coefficient (Wildman–Crippen LogP) is 3.17. The van der Waals surface area contributed by atoms with Gasteiger partial charge in [-0.3, -0.25) is 0 Å². The molecule has 0 aliphatic rings. The fraction of sp³-hybridized carbons (Fsp3) is 0.471. The number of aromatic nitrogens is 4. The molecule has 24 heavy (non-hydrogen) atoms. The first-order valence-electron chi connectivity index (χ1n) is 8.08. The maximum absolute atomic E-state index is 6.03. The van der Waals surface area contributed by atoms with Gasteiger partial charge in [-0.15, -0.1) is 5.10 Å². The number of rotatable bonds is 6. The molecule has 0 saturated heterocycles.